The van der Waals surface area contributed by atoms with Gasteiger partial charge in [0, 0.05) is 6.04 Å². The Morgan fingerprint density at radius 3 is 1.62 bits per heavy atom. The lowest BCUT2D eigenvalue weighted by molar-refractivity contribution is -0.141. The number of nitrogens with zero attached hydrogens (tertiary/aromatic N) is 1. The first kappa shape index (κ1) is 13.2. The van der Waals surface area contributed by atoms with Crippen LogP contribution in [0.15, 0.2) is 0 Å². The van der Waals surface area contributed by atoms with Gasteiger partial charge in [-0.2, -0.15) is 0 Å². The van der Waals surface area contributed by atoms with Crippen LogP contribution in [0.5, 0.6) is 0 Å². The van der Waals surface area contributed by atoms with E-state index in [9.17, 15) is 9.59 Å². The van der Waals surface area contributed by atoms with Crippen LogP contribution in [0.3, 0.4) is 0 Å². The number of hydrogen-bond donors (Lipinski definition) is 0. The van der Waals surface area contributed by atoms with Crippen LogP contribution < -0.4 is 0 Å². The number of carbonyl (C=O) groups is 2. The molecule has 0 N–H and O–H groups in total. The van der Waals surface area contributed by atoms with Crippen molar-refractivity contribution in [3.05, 3.63) is 0 Å². The van der Waals surface area contributed by atoms with Gasteiger partial charge in [-0.1, -0.05) is 26.7 Å². The van der Waals surface area contributed by atoms with Crippen molar-refractivity contribution in [1.29, 1.82) is 0 Å². The van der Waals surface area contributed by atoms with Gasteiger partial charge in [0.1, 0.15) is 0 Å². The quantitative estimate of drug-likeness (QED) is 0.674. The average molecular weight is 225 g/mol. The minimum absolute atomic E-state index is 0.00112. The first-order chi connectivity index (χ1) is 7.54. The Kier molecular flexibility index (Phi) is 4.51. The van der Waals surface area contributed by atoms with Crippen molar-refractivity contribution in [2.75, 3.05) is 0 Å². The van der Waals surface area contributed by atoms with E-state index >= 15 is 0 Å². The third-order valence-corrected chi connectivity index (χ3v) is 3.31. The van der Waals surface area contributed by atoms with Crippen molar-refractivity contribution in [2.24, 2.45) is 11.8 Å². The summed E-state index contributed by atoms with van der Waals surface area (Å²) in [6.45, 7) is 7.96. The van der Waals surface area contributed by atoms with Gasteiger partial charge >= 0.3 is 0 Å². The molecule has 2 unspecified atom stereocenters. The average Bonchev–Trinajstić information content (AvgIpc) is 2.43. The molecule has 0 radical (unpaired) electrons. The van der Waals surface area contributed by atoms with Crippen LogP contribution in [0.1, 0.15) is 53.4 Å². The topological polar surface area (TPSA) is 37.4 Å². The largest absolute Gasteiger partial charge is 0.280 e. The molecular formula is C13H23NO2. The van der Waals surface area contributed by atoms with Crippen molar-refractivity contribution in [3.8, 4) is 0 Å². The fourth-order valence-corrected chi connectivity index (χ4v) is 2.59. The summed E-state index contributed by atoms with van der Waals surface area (Å²) < 4.78 is 0. The highest BCUT2D eigenvalue weighted by Crippen LogP contribution is 2.34. The van der Waals surface area contributed by atoms with E-state index in [0.29, 0.717) is 0 Å². The zero-order valence-electron chi connectivity index (χ0n) is 10.8. The number of imide groups is 1. The Balaban J connectivity index is 2.89. The van der Waals surface area contributed by atoms with Crippen molar-refractivity contribution in [1.82, 2.24) is 4.90 Å². The summed E-state index contributed by atoms with van der Waals surface area (Å²) in [6, 6.07) is 0.00112. The third kappa shape index (κ3) is 2.28. The van der Waals surface area contributed by atoms with E-state index in [-0.39, 0.29) is 29.7 Å². The normalized spacial score (nSPS) is 25.9. The molecule has 3 nitrogen and oxygen atoms in total. The highest BCUT2D eigenvalue weighted by Gasteiger charge is 2.46. The molecule has 1 fully saturated rings. The van der Waals surface area contributed by atoms with Crippen molar-refractivity contribution < 1.29 is 9.59 Å². The zero-order valence-corrected chi connectivity index (χ0v) is 10.8. The third-order valence-electron chi connectivity index (χ3n) is 3.31. The Hall–Kier alpha value is -0.860. The van der Waals surface area contributed by atoms with Gasteiger partial charge in [0.25, 0.3) is 0 Å². The van der Waals surface area contributed by atoms with E-state index < -0.39 is 0 Å². The summed E-state index contributed by atoms with van der Waals surface area (Å²) in [7, 11) is 0. The predicted octanol–water partition coefficient (Wildman–Crippen LogP) is 2.60. The van der Waals surface area contributed by atoms with Gasteiger partial charge in [-0.05, 0) is 26.7 Å². The van der Waals surface area contributed by atoms with Crippen LogP contribution in [-0.2, 0) is 9.59 Å². The molecule has 3 heteroatoms. The second kappa shape index (κ2) is 5.46. The van der Waals surface area contributed by atoms with Gasteiger partial charge in [0.2, 0.25) is 11.8 Å². The highest BCUT2D eigenvalue weighted by molar-refractivity contribution is 6.05. The van der Waals surface area contributed by atoms with Crippen molar-refractivity contribution >= 4 is 11.8 Å². The summed E-state index contributed by atoms with van der Waals surface area (Å²) >= 11 is 0. The highest BCUT2D eigenvalue weighted by atomic mass is 16.2. The minimum Gasteiger partial charge on any atom is -0.280 e. The van der Waals surface area contributed by atoms with Gasteiger partial charge in [-0.25, -0.2) is 0 Å². The van der Waals surface area contributed by atoms with Gasteiger partial charge in [0.05, 0.1) is 11.8 Å². The van der Waals surface area contributed by atoms with E-state index in [1.807, 2.05) is 13.8 Å². The summed E-state index contributed by atoms with van der Waals surface area (Å²) in [5.74, 6) is 0.000278. The fraction of sp³-hybridized carbons (Fsp3) is 0.846. The number of carbonyl (C=O) groups excluding carboxylic acids is 2. The van der Waals surface area contributed by atoms with Crippen LogP contribution in [-0.4, -0.2) is 22.8 Å². The molecule has 1 aliphatic heterocycles. The van der Waals surface area contributed by atoms with E-state index in [2.05, 4.69) is 13.8 Å². The molecule has 0 aromatic carbocycles. The first-order valence-corrected chi connectivity index (χ1v) is 6.41. The first-order valence-electron chi connectivity index (χ1n) is 6.41. The molecule has 0 bridgehead atoms. The maximum atomic E-state index is 12.1. The lowest BCUT2D eigenvalue weighted by Gasteiger charge is -2.18. The smallest absolute Gasteiger partial charge is 0.233 e. The molecule has 1 heterocycles. The molecule has 16 heavy (non-hydrogen) atoms. The van der Waals surface area contributed by atoms with Crippen LogP contribution in [0, 0.1) is 11.8 Å². The molecule has 92 valence electrons. The van der Waals surface area contributed by atoms with E-state index in [1.165, 1.54) is 4.90 Å². The van der Waals surface area contributed by atoms with Crippen molar-refractivity contribution in [2.45, 2.75) is 59.4 Å². The van der Waals surface area contributed by atoms with Crippen LogP contribution in [0.4, 0.5) is 0 Å². The van der Waals surface area contributed by atoms with Gasteiger partial charge < -0.3 is 0 Å². The second-order valence-corrected chi connectivity index (χ2v) is 4.93. The van der Waals surface area contributed by atoms with Crippen LogP contribution in [0.2, 0.25) is 0 Å². The van der Waals surface area contributed by atoms with E-state index in [4.69, 9.17) is 0 Å². The Morgan fingerprint density at radius 1 is 1.00 bits per heavy atom. The number of hydrogen-bond acceptors (Lipinski definition) is 2. The number of likely N-dealkylation sites (tertiary alicyclic amines) is 1. The monoisotopic (exact) mass is 225 g/mol. The Morgan fingerprint density at radius 2 is 1.38 bits per heavy atom. The molecule has 1 saturated heterocycles. The molecule has 0 aliphatic carbocycles. The van der Waals surface area contributed by atoms with Crippen LogP contribution in [0.25, 0.3) is 0 Å². The van der Waals surface area contributed by atoms with Gasteiger partial charge in [0.15, 0.2) is 0 Å². The summed E-state index contributed by atoms with van der Waals surface area (Å²) in [4.78, 5) is 25.7. The molecule has 0 aromatic rings. The lowest BCUT2D eigenvalue weighted by Crippen LogP contribution is -2.37. The van der Waals surface area contributed by atoms with E-state index in [0.717, 1.165) is 25.7 Å². The lowest BCUT2D eigenvalue weighted by atomic mass is 9.88. The molecule has 0 saturated carbocycles. The zero-order chi connectivity index (χ0) is 12.3. The predicted molar refractivity (Wildman–Crippen MR) is 63.8 cm³/mol. The second-order valence-electron chi connectivity index (χ2n) is 4.93. The molecule has 1 aliphatic rings. The fourth-order valence-electron chi connectivity index (χ4n) is 2.59. The Bertz CT molecular complexity index is 249. The molecule has 0 aromatic heterocycles. The maximum absolute atomic E-state index is 12.1. The van der Waals surface area contributed by atoms with E-state index in [1.54, 1.807) is 0 Å². The van der Waals surface area contributed by atoms with Crippen LogP contribution >= 0.6 is 0 Å². The molecule has 2 amide bonds. The SMILES string of the molecule is CCCC1C(=O)N(C(C)C)C(=O)C1CCC. The number of rotatable bonds is 5. The molecule has 0 spiro atoms. The minimum atomic E-state index is -0.0557. The van der Waals surface area contributed by atoms with Gasteiger partial charge in [-0.3, -0.25) is 14.5 Å². The molecule has 1 rings (SSSR count). The summed E-state index contributed by atoms with van der Waals surface area (Å²) in [6.07, 6.45) is 3.63. The van der Waals surface area contributed by atoms with Gasteiger partial charge in [-0.15, -0.1) is 0 Å². The summed E-state index contributed by atoms with van der Waals surface area (Å²) in [5.41, 5.74) is 0. The number of amides is 2. The maximum Gasteiger partial charge on any atom is 0.233 e. The standard InChI is InChI=1S/C13H23NO2/c1-5-7-10-11(8-6-2)13(16)14(9(3)4)12(10)15/h9-11H,5-8H2,1-4H3. The molecular weight excluding hydrogens is 202 g/mol. The summed E-state index contributed by atoms with van der Waals surface area (Å²) in [5, 5.41) is 0. The molecule has 2 atom stereocenters. The Labute approximate surface area is 98.2 Å². The van der Waals surface area contributed by atoms with Crippen molar-refractivity contribution in [3.63, 3.8) is 0 Å².